The normalized spacial score (nSPS) is 10.9. The lowest BCUT2D eigenvalue weighted by Crippen LogP contribution is -2.40. The average molecular weight is 252 g/mol. The summed E-state index contributed by atoms with van der Waals surface area (Å²) in [5, 5.41) is 13.5. The van der Waals surface area contributed by atoms with Crippen LogP contribution in [0.15, 0.2) is 18.2 Å². The number of methoxy groups -OCH3 is 1. The molecule has 0 atom stereocenters. The minimum absolute atomic E-state index is 0.0709. The van der Waals surface area contributed by atoms with Gasteiger partial charge < -0.3 is 10.1 Å². The van der Waals surface area contributed by atoms with Crippen molar-refractivity contribution in [3.8, 4) is 5.75 Å². The van der Waals surface area contributed by atoms with Crippen molar-refractivity contribution in [2.75, 3.05) is 7.11 Å². The molecule has 1 amide bonds. The molecular formula is C12H16N2O4. The summed E-state index contributed by atoms with van der Waals surface area (Å²) >= 11 is 0. The second-order valence-corrected chi connectivity index (χ2v) is 4.85. The fourth-order valence-electron chi connectivity index (χ4n) is 1.38. The smallest absolute Gasteiger partial charge is 0.310 e. The zero-order valence-corrected chi connectivity index (χ0v) is 10.8. The van der Waals surface area contributed by atoms with Crippen molar-refractivity contribution >= 4 is 11.6 Å². The number of nitrogens with zero attached hydrogens (tertiary/aromatic N) is 1. The molecule has 1 rings (SSSR count). The highest BCUT2D eigenvalue weighted by Crippen LogP contribution is 2.27. The number of hydrogen-bond donors (Lipinski definition) is 1. The molecule has 6 heteroatoms. The van der Waals surface area contributed by atoms with Crippen molar-refractivity contribution in [1.82, 2.24) is 5.32 Å². The topological polar surface area (TPSA) is 81.5 Å². The molecule has 6 nitrogen and oxygen atoms in total. The highest BCUT2D eigenvalue weighted by molar-refractivity contribution is 5.95. The van der Waals surface area contributed by atoms with Crippen molar-refractivity contribution in [2.45, 2.75) is 26.3 Å². The third kappa shape index (κ3) is 3.44. The van der Waals surface area contributed by atoms with Gasteiger partial charge in [-0.15, -0.1) is 0 Å². The second-order valence-electron chi connectivity index (χ2n) is 4.85. The number of carbonyl (C=O) groups excluding carboxylic acids is 1. The van der Waals surface area contributed by atoms with E-state index in [1.165, 1.54) is 25.3 Å². The number of ether oxygens (including phenoxy) is 1. The summed E-state index contributed by atoms with van der Waals surface area (Å²) in [5.74, 6) is -0.225. The van der Waals surface area contributed by atoms with Crippen LogP contribution in [0.2, 0.25) is 0 Å². The Labute approximate surface area is 105 Å². The fourth-order valence-corrected chi connectivity index (χ4v) is 1.38. The summed E-state index contributed by atoms with van der Waals surface area (Å²) in [4.78, 5) is 22.0. The molecule has 0 aliphatic carbocycles. The molecule has 1 N–H and O–H groups in total. The van der Waals surface area contributed by atoms with E-state index in [1.807, 2.05) is 20.8 Å². The molecule has 0 saturated carbocycles. The number of nitro groups is 1. The first-order valence-corrected chi connectivity index (χ1v) is 5.39. The Balaban J connectivity index is 3.06. The Bertz CT molecular complexity index is 477. The molecule has 1 aromatic rings. The molecule has 98 valence electrons. The van der Waals surface area contributed by atoms with Gasteiger partial charge in [0.05, 0.1) is 12.0 Å². The van der Waals surface area contributed by atoms with Gasteiger partial charge >= 0.3 is 5.69 Å². The van der Waals surface area contributed by atoms with Crippen LogP contribution in [0.5, 0.6) is 5.75 Å². The monoisotopic (exact) mass is 252 g/mol. The van der Waals surface area contributed by atoms with Gasteiger partial charge in [0.15, 0.2) is 5.75 Å². The van der Waals surface area contributed by atoms with E-state index < -0.39 is 4.92 Å². The Morgan fingerprint density at radius 1 is 1.39 bits per heavy atom. The zero-order valence-electron chi connectivity index (χ0n) is 10.8. The van der Waals surface area contributed by atoms with E-state index in [0.29, 0.717) is 5.56 Å². The third-order valence-corrected chi connectivity index (χ3v) is 2.13. The van der Waals surface area contributed by atoms with Crippen molar-refractivity contribution in [2.24, 2.45) is 0 Å². The van der Waals surface area contributed by atoms with E-state index in [2.05, 4.69) is 5.32 Å². The van der Waals surface area contributed by atoms with Gasteiger partial charge in [-0.25, -0.2) is 0 Å². The van der Waals surface area contributed by atoms with Gasteiger partial charge in [-0.3, -0.25) is 14.9 Å². The van der Waals surface area contributed by atoms with Crippen LogP contribution in [0.3, 0.4) is 0 Å². The number of nitro benzene ring substituents is 1. The van der Waals surface area contributed by atoms with Gasteiger partial charge in [0, 0.05) is 23.2 Å². The number of carbonyl (C=O) groups is 1. The lowest BCUT2D eigenvalue weighted by molar-refractivity contribution is -0.385. The van der Waals surface area contributed by atoms with Crippen LogP contribution in [-0.2, 0) is 0 Å². The van der Waals surface area contributed by atoms with Crippen LogP contribution >= 0.6 is 0 Å². The van der Waals surface area contributed by atoms with Crippen LogP contribution < -0.4 is 10.1 Å². The number of amides is 1. The van der Waals surface area contributed by atoms with Gasteiger partial charge in [0.1, 0.15) is 0 Å². The Morgan fingerprint density at radius 3 is 2.44 bits per heavy atom. The first-order valence-electron chi connectivity index (χ1n) is 5.39. The summed E-state index contributed by atoms with van der Waals surface area (Å²) in [6.07, 6.45) is 0. The molecule has 0 unspecified atom stereocenters. The van der Waals surface area contributed by atoms with E-state index in [1.54, 1.807) is 0 Å². The maximum absolute atomic E-state index is 11.9. The van der Waals surface area contributed by atoms with Crippen LogP contribution in [0.25, 0.3) is 0 Å². The summed E-state index contributed by atoms with van der Waals surface area (Å²) in [7, 11) is 1.33. The number of benzene rings is 1. The quantitative estimate of drug-likeness (QED) is 0.660. The Morgan fingerprint density at radius 2 is 2.00 bits per heavy atom. The maximum atomic E-state index is 11.9. The standard InChI is InChI=1S/C12H16N2O4/c1-12(2,3)13-11(15)8-5-6-9(14(16)17)10(7-8)18-4/h5-7H,1-4H3,(H,13,15). The molecule has 0 fully saturated rings. The van der Waals surface area contributed by atoms with Gasteiger partial charge in [-0.1, -0.05) is 0 Å². The van der Waals surface area contributed by atoms with E-state index in [-0.39, 0.29) is 22.9 Å². The predicted octanol–water partition coefficient (Wildman–Crippen LogP) is 2.13. The molecule has 0 bridgehead atoms. The maximum Gasteiger partial charge on any atom is 0.310 e. The van der Waals surface area contributed by atoms with Gasteiger partial charge in [0.25, 0.3) is 5.91 Å². The summed E-state index contributed by atoms with van der Waals surface area (Å²) in [6.45, 7) is 5.56. The van der Waals surface area contributed by atoms with Gasteiger partial charge in [-0.2, -0.15) is 0 Å². The second kappa shape index (κ2) is 5.03. The molecule has 0 aliphatic rings. The average Bonchev–Trinajstić information content (AvgIpc) is 2.25. The summed E-state index contributed by atoms with van der Waals surface area (Å²) in [5.41, 5.74) is -0.205. The molecule has 0 saturated heterocycles. The minimum Gasteiger partial charge on any atom is -0.490 e. The first kappa shape index (κ1) is 14.0. The summed E-state index contributed by atoms with van der Waals surface area (Å²) < 4.78 is 4.91. The van der Waals surface area contributed by atoms with Crippen molar-refractivity contribution in [3.05, 3.63) is 33.9 Å². The molecule has 1 aromatic carbocycles. The van der Waals surface area contributed by atoms with E-state index >= 15 is 0 Å². The molecule has 0 heterocycles. The molecule has 0 radical (unpaired) electrons. The van der Waals surface area contributed by atoms with E-state index in [9.17, 15) is 14.9 Å². The minimum atomic E-state index is -0.551. The van der Waals surface area contributed by atoms with Gasteiger partial charge in [0.2, 0.25) is 0 Å². The molecule has 0 spiro atoms. The summed E-state index contributed by atoms with van der Waals surface area (Å²) in [6, 6.07) is 4.03. The van der Waals surface area contributed by atoms with Gasteiger partial charge in [-0.05, 0) is 26.8 Å². The lowest BCUT2D eigenvalue weighted by Gasteiger charge is -2.20. The van der Waals surface area contributed by atoms with E-state index in [0.717, 1.165) is 0 Å². The highest BCUT2D eigenvalue weighted by Gasteiger charge is 2.20. The van der Waals surface area contributed by atoms with Crippen LogP contribution in [0, 0.1) is 10.1 Å². The first-order chi connectivity index (χ1) is 8.24. The molecular weight excluding hydrogens is 236 g/mol. The van der Waals surface area contributed by atoms with Crippen molar-refractivity contribution in [3.63, 3.8) is 0 Å². The molecule has 0 aliphatic heterocycles. The van der Waals surface area contributed by atoms with Crippen LogP contribution in [-0.4, -0.2) is 23.5 Å². The largest absolute Gasteiger partial charge is 0.490 e. The molecule has 18 heavy (non-hydrogen) atoms. The lowest BCUT2D eigenvalue weighted by atomic mass is 10.1. The highest BCUT2D eigenvalue weighted by atomic mass is 16.6. The number of nitrogens with one attached hydrogen (secondary N) is 1. The number of hydrogen-bond acceptors (Lipinski definition) is 4. The fraction of sp³-hybridized carbons (Fsp3) is 0.417. The Kier molecular flexibility index (Phi) is 3.90. The van der Waals surface area contributed by atoms with Crippen molar-refractivity contribution < 1.29 is 14.5 Å². The predicted molar refractivity (Wildman–Crippen MR) is 66.9 cm³/mol. The van der Waals surface area contributed by atoms with E-state index in [4.69, 9.17) is 4.74 Å². The SMILES string of the molecule is COc1cc(C(=O)NC(C)(C)C)ccc1[N+](=O)[O-]. The third-order valence-electron chi connectivity index (χ3n) is 2.13. The number of rotatable bonds is 3. The Hall–Kier alpha value is -2.11. The van der Waals surface area contributed by atoms with Crippen LogP contribution in [0.1, 0.15) is 31.1 Å². The molecule has 0 aromatic heterocycles. The van der Waals surface area contributed by atoms with Crippen LogP contribution in [0.4, 0.5) is 5.69 Å². The zero-order chi connectivity index (χ0) is 13.9. The van der Waals surface area contributed by atoms with Crippen molar-refractivity contribution in [1.29, 1.82) is 0 Å².